The first-order valence-electron chi connectivity index (χ1n) is 4.67. The number of hydrogen-bond donors (Lipinski definition) is 1. The number of aliphatic hydroxyl groups excluding tert-OH is 1. The van der Waals surface area contributed by atoms with Gasteiger partial charge in [0.2, 0.25) is 0 Å². The van der Waals surface area contributed by atoms with Crippen LogP contribution in [0.5, 0.6) is 0 Å². The molecule has 0 bridgehead atoms. The topological polar surface area (TPSA) is 67.3 Å². The maximum absolute atomic E-state index is 10.9. The van der Waals surface area contributed by atoms with E-state index in [1.54, 1.807) is 12.3 Å². The Hall–Kier alpha value is -0.940. The highest BCUT2D eigenvalue weighted by Gasteiger charge is 2.12. The molecule has 0 saturated heterocycles. The summed E-state index contributed by atoms with van der Waals surface area (Å²) in [6, 6.07) is 3.55. The van der Waals surface area contributed by atoms with Crippen LogP contribution in [0.2, 0.25) is 0 Å². The number of pyridine rings is 1. The second kappa shape index (κ2) is 4.72. The largest absolute Gasteiger partial charge is 0.387 e. The minimum Gasteiger partial charge on any atom is -0.387 e. The van der Waals surface area contributed by atoms with Crippen molar-refractivity contribution in [3.63, 3.8) is 0 Å². The molecule has 1 atom stereocenters. The van der Waals surface area contributed by atoms with E-state index in [2.05, 4.69) is 4.98 Å². The van der Waals surface area contributed by atoms with Gasteiger partial charge in [-0.05, 0) is 25.0 Å². The lowest BCUT2D eigenvalue weighted by molar-refractivity contribution is 0.169. The van der Waals surface area contributed by atoms with E-state index < -0.39 is 15.9 Å². The maximum atomic E-state index is 10.9. The van der Waals surface area contributed by atoms with E-state index in [4.69, 9.17) is 0 Å². The van der Waals surface area contributed by atoms with Crippen LogP contribution in [0.25, 0.3) is 0 Å². The number of hydrogen-bond acceptors (Lipinski definition) is 4. The van der Waals surface area contributed by atoms with Gasteiger partial charge in [0, 0.05) is 12.5 Å². The van der Waals surface area contributed by atoms with E-state index in [-0.39, 0.29) is 12.2 Å². The van der Waals surface area contributed by atoms with Crippen LogP contribution in [0.15, 0.2) is 18.3 Å². The van der Waals surface area contributed by atoms with E-state index in [0.29, 0.717) is 5.69 Å². The van der Waals surface area contributed by atoms with Crippen LogP contribution in [0.3, 0.4) is 0 Å². The number of aromatic nitrogens is 1. The van der Waals surface area contributed by atoms with Crippen LogP contribution in [-0.2, 0) is 9.84 Å². The number of rotatable bonds is 4. The Bertz CT molecular complexity index is 411. The molecule has 1 aromatic heterocycles. The summed E-state index contributed by atoms with van der Waals surface area (Å²) in [6.45, 7) is 1.90. The van der Waals surface area contributed by atoms with Gasteiger partial charge in [-0.2, -0.15) is 0 Å². The molecule has 5 heteroatoms. The lowest BCUT2D eigenvalue weighted by atomic mass is 10.1. The van der Waals surface area contributed by atoms with E-state index >= 15 is 0 Å². The molecule has 15 heavy (non-hydrogen) atoms. The zero-order valence-corrected chi connectivity index (χ0v) is 9.66. The predicted molar refractivity (Wildman–Crippen MR) is 58.3 cm³/mol. The molecular weight excluding hydrogens is 214 g/mol. The highest BCUT2D eigenvalue weighted by atomic mass is 32.2. The standard InChI is InChI=1S/C10H15NO3S/c1-8-3-4-9(11-7-8)10(12)5-6-15(2,13)14/h3-4,7,10,12H,5-6H2,1-2H3. The fourth-order valence-electron chi connectivity index (χ4n) is 1.15. The molecule has 0 aliphatic heterocycles. The molecule has 0 spiro atoms. The maximum Gasteiger partial charge on any atom is 0.147 e. The minimum atomic E-state index is -3.02. The fraction of sp³-hybridized carbons (Fsp3) is 0.500. The van der Waals surface area contributed by atoms with Crippen molar-refractivity contribution >= 4 is 9.84 Å². The quantitative estimate of drug-likeness (QED) is 0.831. The van der Waals surface area contributed by atoms with Crippen molar-refractivity contribution < 1.29 is 13.5 Å². The van der Waals surface area contributed by atoms with Gasteiger partial charge in [0.05, 0.1) is 17.6 Å². The summed E-state index contributed by atoms with van der Waals surface area (Å²) < 4.78 is 21.8. The number of aryl methyl sites for hydroxylation is 1. The van der Waals surface area contributed by atoms with Gasteiger partial charge in [0.1, 0.15) is 9.84 Å². The smallest absolute Gasteiger partial charge is 0.147 e. The second-order valence-corrected chi connectivity index (χ2v) is 5.95. The number of nitrogens with zero attached hydrogens (tertiary/aromatic N) is 1. The summed E-state index contributed by atoms with van der Waals surface area (Å²) in [6.07, 6.45) is 2.19. The summed E-state index contributed by atoms with van der Waals surface area (Å²) in [5.74, 6) is -0.0241. The Kier molecular flexibility index (Phi) is 3.82. The lowest BCUT2D eigenvalue weighted by Gasteiger charge is -2.08. The van der Waals surface area contributed by atoms with Gasteiger partial charge in [-0.25, -0.2) is 8.42 Å². The highest BCUT2D eigenvalue weighted by Crippen LogP contribution is 2.14. The number of sulfone groups is 1. The zero-order chi connectivity index (χ0) is 11.5. The molecule has 0 aromatic carbocycles. The molecule has 0 fully saturated rings. The van der Waals surface area contributed by atoms with Crippen LogP contribution in [0, 0.1) is 6.92 Å². The first-order valence-corrected chi connectivity index (χ1v) is 6.73. The molecule has 0 aliphatic carbocycles. The molecule has 0 saturated carbocycles. The Morgan fingerprint density at radius 3 is 2.60 bits per heavy atom. The fourth-order valence-corrected chi connectivity index (χ4v) is 1.80. The Balaban J connectivity index is 2.61. The van der Waals surface area contributed by atoms with Gasteiger partial charge in [0.25, 0.3) is 0 Å². The Morgan fingerprint density at radius 1 is 1.47 bits per heavy atom. The molecule has 0 aliphatic rings. The van der Waals surface area contributed by atoms with Crippen molar-refractivity contribution in [3.8, 4) is 0 Å². The van der Waals surface area contributed by atoms with Crippen LogP contribution in [-0.4, -0.2) is 30.5 Å². The highest BCUT2D eigenvalue weighted by molar-refractivity contribution is 7.90. The van der Waals surface area contributed by atoms with Gasteiger partial charge in [0.15, 0.2) is 0 Å². The van der Waals surface area contributed by atoms with E-state index in [1.165, 1.54) is 0 Å². The van der Waals surface area contributed by atoms with Gasteiger partial charge < -0.3 is 5.11 Å². The molecule has 1 N–H and O–H groups in total. The number of aliphatic hydroxyl groups is 1. The monoisotopic (exact) mass is 229 g/mol. The van der Waals surface area contributed by atoms with Crippen LogP contribution >= 0.6 is 0 Å². The third-order valence-electron chi connectivity index (χ3n) is 2.04. The van der Waals surface area contributed by atoms with Crippen LogP contribution in [0.1, 0.15) is 23.8 Å². The van der Waals surface area contributed by atoms with E-state index in [0.717, 1.165) is 11.8 Å². The van der Waals surface area contributed by atoms with E-state index in [1.807, 2.05) is 13.0 Å². The normalized spacial score (nSPS) is 13.8. The van der Waals surface area contributed by atoms with Crippen LogP contribution in [0.4, 0.5) is 0 Å². The van der Waals surface area contributed by atoms with Crippen molar-refractivity contribution in [1.29, 1.82) is 0 Å². The second-order valence-electron chi connectivity index (χ2n) is 3.69. The Morgan fingerprint density at radius 2 is 2.13 bits per heavy atom. The van der Waals surface area contributed by atoms with Crippen molar-refractivity contribution in [1.82, 2.24) is 4.98 Å². The molecule has 0 amide bonds. The van der Waals surface area contributed by atoms with Crippen molar-refractivity contribution in [2.75, 3.05) is 12.0 Å². The first-order chi connectivity index (χ1) is 6.88. The molecule has 1 unspecified atom stereocenters. The molecular formula is C10H15NO3S. The average molecular weight is 229 g/mol. The molecule has 4 nitrogen and oxygen atoms in total. The first kappa shape index (κ1) is 12.1. The molecule has 1 aromatic rings. The van der Waals surface area contributed by atoms with Gasteiger partial charge in [-0.3, -0.25) is 4.98 Å². The van der Waals surface area contributed by atoms with Gasteiger partial charge in [-0.15, -0.1) is 0 Å². The van der Waals surface area contributed by atoms with Crippen molar-refractivity contribution in [3.05, 3.63) is 29.6 Å². The van der Waals surface area contributed by atoms with Gasteiger partial charge in [-0.1, -0.05) is 6.07 Å². The zero-order valence-electron chi connectivity index (χ0n) is 8.84. The molecule has 1 heterocycles. The average Bonchev–Trinajstić information content (AvgIpc) is 2.14. The van der Waals surface area contributed by atoms with Crippen LogP contribution < -0.4 is 0 Å². The summed E-state index contributed by atoms with van der Waals surface area (Å²) in [4.78, 5) is 4.03. The molecule has 0 radical (unpaired) electrons. The summed E-state index contributed by atoms with van der Waals surface area (Å²) >= 11 is 0. The predicted octanol–water partition coefficient (Wildman–Crippen LogP) is 0.858. The van der Waals surface area contributed by atoms with Crippen molar-refractivity contribution in [2.45, 2.75) is 19.4 Å². The third-order valence-corrected chi connectivity index (χ3v) is 3.02. The minimum absolute atomic E-state index is 0.0241. The summed E-state index contributed by atoms with van der Waals surface area (Å²) in [5, 5.41) is 9.65. The third kappa shape index (κ3) is 4.40. The summed E-state index contributed by atoms with van der Waals surface area (Å²) in [5.41, 5.74) is 1.53. The SMILES string of the molecule is Cc1ccc(C(O)CCS(C)(=O)=O)nc1. The van der Waals surface area contributed by atoms with Crippen molar-refractivity contribution in [2.24, 2.45) is 0 Å². The lowest BCUT2D eigenvalue weighted by Crippen LogP contribution is -2.09. The van der Waals surface area contributed by atoms with E-state index in [9.17, 15) is 13.5 Å². The van der Waals surface area contributed by atoms with Gasteiger partial charge >= 0.3 is 0 Å². The molecule has 84 valence electrons. The summed E-state index contributed by atoms with van der Waals surface area (Å²) in [7, 11) is -3.02. The Labute approximate surface area is 89.9 Å². The molecule has 1 rings (SSSR count).